The first kappa shape index (κ1) is 15.9. The van der Waals surface area contributed by atoms with Crippen molar-refractivity contribution in [2.45, 2.75) is 0 Å². The zero-order chi connectivity index (χ0) is 19.1. The number of hydrogen-bond acceptors (Lipinski definition) is 8. The highest BCUT2D eigenvalue weighted by Crippen LogP contribution is 2.11. The number of aromatic nitrogens is 6. The highest BCUT2D eigenvalue weighted by atomic mass is 16.5. The van der Waals surface area contributed by atoms with E-state index in [0.29, 0.717) is 22.3 Å². The summed E-state index contributed by atoms with van der Waals surface area (Å²) >= 11 is 0. The van der Waals surface area contributed by atoms with E-state index in [2.05, 4.69) is 29.3 Å². The van der Waals surface area contributed by atoms with Crippen molar-refractivity contribution in [1.29, 1.82) is 0 Å². The second-order valence-corrected chi connectivity index (χ2v) is 5.78. The molecule has 0 aliphatic carbocycles. The second kappa shape index (κ2) is 6.13. The van der Waals surface area contributed by atoms with Gasteiger partial charge in [-0.05, 0) is 24.3 Å². The van der Waals surface area contributed by atoms with Crippen molar-refractivity contribution in [1.82, 2.24) is 29.1 Å². The van der Waals surface area contributed by atoms with Gasteiger partial charge in [0, 0.05) is 0 Å². The Morgan fingerprint density at radius 1 is 0.643 bits per heavy atom. The molecule has 0 amide bonds. The molecule has 0 saturated heterocycles. The summed E-state index contributed by atoms with van der Waals surface area (Å²) in [4.78, 5) is 30.9. The van der Waals surface area contributed by atoms with Crippen molar-refractivity contribution in [3.05, 3.63) is 82.0 Å². The predicted octanol–water partition coefficient (Wildman–Crippen LogP) is 1.67. The lowest BCUT2D eigenvalue weighted by Crippen LogP contribution is -2.06. The van der Waals surface area contributed by atoms with Crippen LogP contribution >= 0.6 is 0 Å². The summed E-state index contributed by atoms with van der Waals surface area (Å²) in [7, 11) is 0. The molecule has 136 valence electrons. The number of fused-ring (bicyclic) bond motifs is 6. The Kier molecular flexibility index (Phi) is 3.47. The van der Waals surface area contributed by atoms with Gasteiger partial charge in [0.25, 0.3) is 0 Å². The molecular weight excluding hydrogens is 364 g/mol. The molecule has 4 aromatic heterocycles. The van der Waals surface area contributed by atoms with Crippen LogP contribution in [0.3, 0.4) is 0 Å². The average Bonchev–Trinajstić information content (AvgIpc) is 3.32. The van der Waals surface area contributed by atoms with E-state index in [1.165, 1.54) is 21.2 Å². The number of hydrogen-bond donors (Lipinski definition) is 0. The molecule has 2 aromatic carbocycles. The Morgan fingerprint density at radius 2 is 1.07 bits per heavy atom. The minimum absolute atomic E-state index is 0.425. The maximum atomic E-state index is 11.3. The smallest absolute Gasteiger partial charge is 0.295 e. The molecule has 0 aliphatic rings. The maximum Gasteiger partial charge on any atom is 0.446 e. The highest BCUT2D eigenvalue weighted by Gasteiger charge is 2.07. The Hall–Kier alpha value is -4.34. The van der Waals surface area contributed by atoms with Crippen LogP contribution in [0.25, 0.3) is 33.4 Å². The van der Waals surface area contributed by atoms with Gasteiger partial charge in [-0.2, -0.15) is 0 Å². The summed E-state index contributed by atoms with van der Waals surface area (Å²) in [5, 5.41) is 7.16. The predicted molar refractivity (Wildman–Crippen MR) is 98.1 cm³/mol. The van der Waals surface area contributed by atoms with Gasteiger partial charge in [-0.1, -0.05) is 34.6 Å². The molecule has 0 spiro atoms. The van der Waals surface area contributed by atoms with Crippen LogP contribution in [0.15, 0.2) is 79.6 Å². The number of para-hydroxylation sites is 4. The second-order valence-electron chi connectivity index (χ2n) is 5.78. The SMILES string of the molecule is O=c1onc2cnc3ccccc3n12.O=c1onc2cnc3ccccc3n12. The van der Waals surface area contributed by atoms with Gasteiger partial charge < -0.3 is 0 Å². The molecule has 6 aromatic rings. The van der Waals surface area contributed by atoms with Crippen LogP contribution in [0, 0.1) is 0 Å². The van der Waals surface area contributed by atoms with Crippen LogP contribution in [0.4, 0.5) is 0 Å². The van der Waals surface area contributed by atoms with Gasteiger partial charge in [0.15, 0.2) is 0 Å². The van der Waals surface area contributed by atoms with Gasteiger partial charge in [0.1, 0.15) is 0 Å². The lowest BCUT2D eigenvalue weighted by atomic mass is 10.3. The first-order chi connectivity index (χ1) is 13.7. The molecular formula is C18H10N6O4. The number of benzene rings is 2. The number of rotatable bonds is 0. The molecule has 0 fully saturated rings. The lowest BCUT2D eigenvalue weighted by Gasteiger charge is -1.96. The summed E-state index contributed by atoms with van der Waals surface area (Å²) in [6, 6.07) is 14.6. The molecule has 0 saturated carbocycles. The average molecular weight is 374 g/mol. The fourth-order valence-corrected chi connectivity index (χ4v) is 2.91. The van der Waals surface area contributed by atoms with Crippen LogP contribution in [-0.4, -0.2) is 29.1 Å². The summed E-state index contributed by atoms with van der Waals surface area (Å²) < 4.78 is 11.9. The van der Waals surface area contributed by atoms with E-state index in [1.807, 2.05) is 36.4 Å². The molecule has 28 heavy (non-hydrogen) atoms. The van der Waals surface area contributed by atoms with E-state index in [1.54, 1.807) is 12.1 Å². The van der Waals surface area contributed by atoms with Crippen molar-refractivity contribution in [3.63, 3.8) is 0 Å². The van der Waals surface area contributed by atoms with E-state index in [4.69, 9.17) is 0 Å². The van der Waals surface area contributed by atoms with E-state index < -0.39 is 11.5 Å². The third-order valence-electron chi connectivity index (χ3n) is 4.14. The van der Waals surface area contributed by atoms with Crippen molar-refractivity contribution in [2.24, 2.45) is 0 Å². The molecule has 0 atom stereocenters. The summed E-state index contributed by atoms with van der Waals surface area (Å²) in [6.07, 6.45) is 3.01. The Morgan fingerprint density at radius 3 is 1.54 bits per heavy atom. The Bertz CT molecular complexity index is 1460. The van der Waals surface area contributed by atoms with Crippen LogP contribution in [-0.2, 0) is 0 Å². The minimum Gasteiger partial charge on any atom is -0.295 e. The van der Waals surface area contributed by atoms with Gasteiger partial charge in [-0.3, -0.25) is 19.0 Å². The zero-order valence-electron chi connectivity index (χ0n) is 14.1. The third-order valence-corrected chi connectivity index (χ3v) is 4.14. The van der Waals surface area contributed by atoms with Gasteiger partial charge in [0.05, 0.1) is 34.5 Å². The first-order valence-electron chi connectivity index (χ1n) is 8.17. The molecule has 0 unspecified atom stereocenters. The zero-order valence-corrected chi connectivity index (χ0v) is 14.1. The molecule has 0 aliphatic heterocycles. The van der Waals surface area contributed by atoms with E-state index in [9.17, 15) is 9.59 Å². The topological polar surface area (TPSA) is 121 Å². The normalized spacial score (nSPS) is 11.1. The van der Waals surface area contributed by atoms with Crippen molar-refractivity contribution in [2.75, 3.05) is 0 Å². The van der Waals surface area contributed by atoms with Gasteiger partial charge in [0.2, 0.25) is 11.3 Å². The molecule has 0 N–H and O–H groups in total. The van der Waals surface area contributed by atoms with E-state index >= 15 is 0 Å². The molecule has 0 radical (unpaired) electrons. The van der Waals surface area contributed by atoms with Gasteiger partial charge >= 0.3 is 11.5 Å². The summed E-state index contributed by atoms with van der Waals surface area (Å²) in [6.45, 7) is 0. The molecule has 4 heterocycles. The lowest BCUT2D eigenvalue weighted by molar-refractivity contribution is 0.388. The van der Waals surface area contributed by atoms with Gasteiger partial charge in [-0.15, -0.1) is 0 Å². The molecule has 6 rings (SSSR count). The number of nitrogens with zero attached hydrogens (tertiary/aromatic N) is 6. The van der Waals surface area contributed by atoms with Crippen LogP contribution in [0.5, 0.6) is 0 Å². The fourth-order valence-electron chi connectivity index (χ4n) is 2.91. The fraction of sp³-hybridized carbons (Fsp3) is 0. The van der Waals surface area contributed by atoms with Crippen molar-refractivity contribution >= 4 is 33.4 Å². The van der Waals surface area contributed by atoms with Crippen LogP contribution in [0.1, 0.15) is 0 Å². The third kappa shape index (κ3) is 2.43. The monoisotopic (exact) mass is 374 g/mol. The van der Waals surface area contributed by atoms with Crippen LogP contribution < -0.4 is 11.5 Å². The Balaban J connectivity index is 0.000000122. The standard InChI is InChI=1S/2C9H5N3O2/c2*13-9-12-7-4-2-1-3-6(7)10-5-8(12)11-14-9/h2*1-5H. The van der Waals surface area contributed by atoms with Crippen molar-refractivity contribution in [3.8, 4) is 0 Å². The van der Waals surface area contributed by atoms with Crippen LogP contribution in [0.2, 0.25) is 0 Å². The largest absolute Gasteiger partial charge is 0.446 e. The summed E-state index contributed by atoms with van der Waals surface area (Å²) in [5.74, 6) is -0.975. The molecule has 10 nitrogen and oxygen atoms in total. The highest BCUT2D eigenvalue weighted by molar-refractivity contribution is 5.77. The summed E-state index contributed by atoms with van der Waals surface area (Å²) in [5.41, 5.74) is 3.74. The first-order valence-corrected chi connectivity index (χ1v) is 8.17. The minimum atomic E-state index is -0.487. The van der Waals surface area contributed by atoms with E-state index in [-0.39, 0.29) is 0 Å². The maximum absolute atomic E-state index is 11.3. The molecule has 10 heteroatoms. The quantitative estimate of drug-likeness (QED) is 0.394. The molecule has 0 bridgehead atoms. The van der Waals surface area contributed by atoms with Gasteiger partial charge in [-0.25, -0.2) is 18.4 Å². The van der Waals surface area contributed by atoms with E-state index in [0.717, 1.165) is 11.0 Å². The Labute approximate surface area is 154 Å². The van der Waals surface area contributed by atoms with Crippen molar-refractivity contribution < 1.29 is 9.05 Å².